The number of benzene rings is 2. The van der Waals surface area contributed by atoms with Gasteiger partial charge in [-0.2, -0.15) is 8.78 Å². The van der Waals surface area contributed by atoms with Crippen LogP contribution in [0.15, 0.2) is 42.5 Å². The summed E-state index contributed by atoms with van der Waals surface area (Å²) in [6.07, 6.45) is 0. The molecule has 0 unspecified atom stereocenters. The Bertz CT molecular complexity index is 588. The molecule has 106 valence electrons. The molecule has 0 saturated carbocycles. The number of anilines is 1. The fourth-order valence-corrected chi connectivity index (χ4v) is 1.84. The molecule has 5 heteroatoms. The first-order valence-corrected chi connectivity index (χ1v) is 6.12. The van der Waals surface area contributed by atoms with Crippen LogP contribution in [0, 0.1) is 6.92 Å². The van der Waals surface area contributed by atoms with E-state index in [0.29, 0.717) is 12.2 Å². The zero-order chi connectivity index (χ0) is 14.5. The van der Waals surface area contributed by atoms with Crippen molar-refractivity contribution in [1.82, 2.24) is 0 Å². The third-order valence-corrected chi connectivity index (χ3v) is 2.78. The maximum atomic E-state index is 12.1. The summed E-state index contributed by atoms with van der Waals surface area (Å²) in [5.74, 6) is 0.293. The Kier molecular flexibility index (Phi) is 4.40. The molecule has 0 heterocycles. The predicted molar refractivity (Wildman–Crippen MR) is 73.2 cm³/mol. The molecule has 0 aromatic heterocycles. The lowest BCUT2D eigenvalue weighted by atomic mass is 10.1. The van der Waals surface area contributed by atoms with E-state index in [2.05, 4.69) is 10.1 Å². The molecule has 0 atom stereocenters. The second-order valence-corrected chi connectivity index (χ2v) is 4.39. The van der Waals surface area contributed by atoms with E-state index in [0.717, 1.165) is 11.1 Å². The van der Waals surface area contributed by atoms with Gasteiger partial charge >= 0.3 is 6.61 Å². The summed E-state index contributed by atoms with van der Waals surface area (Å²) in [5, 5.41) is 12.8. The molecule has 2 aromatic carbocycles. The third kappa shape index (κ3) is 3.85. The predicted octanol–water partition coefficient (Wildman–Crippen LogP) is 3.91. The lowest BCUT2D eigenvalue weighted by Gasteiger charge is -2.10. The van der Waals surface area contributed by atoms with Gasteiger partial charge in [0, 0.05) is 23.9 Å². The second kappa shape index (κ2) is 6.23. The average molecular weight is 279 g/mol. The summed E-state index contributed by atoms with van der Waals surface area (Å²) >= 11 is 0. The molecule has 0 radical (unpaired) electrons. The first-order chi connectivity index (χ1) is 9.54. The molecule has 0 saturated heterocycles. The van der Waals surface area contributed by atoms with Crippen LogP contribution in [0.3, 0.4) is 0 Å². The van der Waals surface area contributed by atoms with E-state index >= 15 is 0 Å². The van der Waals surface area contributed by atoms with Gasteiger partial charge in [0.05, 0.1) is 0 Å². The Morgan fingerprint density at radius 2 is 2.00 bits per heavy atom. The minimum atomic E-state index is -2.84. The maximum Gasteiger partial charge on any atom is 0.387 e. The van der Waals surface area contributed by atoms with Crippen molar-refractivity contribution in [3.8, 4) is 11.5 Å². The Balaban J connectivity index is 2.05. The van der Waals surface area contributed by atoms with Gasteiger partial charge in [-0.05, 0) is 25.1 Å². The minimum absolute atomic E-state index is 0.0958. The van der Waals surface area contributed by atoms with Gasteiger partial charge in [-0.25, -0.2) is 0 Å². The summed E-state index contributed by atoms with van der Waals surface area (Å²) in [6, 6.07) is 11.6. The monoisotopic (exact) mass is 279 g/mol. The van der Waals surface area contributed by atoms with Crippen molar-refractivity contribution in [1.29, 1.82) is 0 Å². The number of hydrogen-bond donors (Lipinski definition) is 2. The lowest BCUT2D eigenvalue weighted by Crippen LogP contribution is -2.03. The highest BCUT2D eigenvalue weighted by molar-refractivity contribution is 5.49. The average Bonchev–Trinajstić information content (AvgIpc) is 2.39. The molecule has 20 heavy (non-hydrogen) atoms. The summed E-state index contributed by atoms with van der Waals surface area (Å²) in [7, 11) is 0. The molecule has 0 fully saturated rings. The fourth-order valence-electron chi connectivity index (χ4n) is 1.84. The Labute approximate surface area is 115 Å². The van der Waals surface area contributed by atoms with E-state index < -0.39 is 6.61 Å². The number of ether oxygens (including phenoxy) is 1. The van der Waals surface area contributed by atoms with Crippen molar-refractivity contribution in [3.05, 3.63) is 53.6 Å². The van der Waals surface area contributed by atoms with Crippen LogP contribution >= 0.6 is 0 Å². The molecule has 0 amide bonds. The van der Waals surface area contributed by atoms with E-state index in [9.17, 15) is 13.9 Å². The largest absolute Gasteiger partial charge is 0.508 e. The molecule has 0 spiro atoms. The van der Waals surface area contributed by atoms with Crippen molar-refractivity contribution < 1.29 is 18.6 Å². The van der Waals surface area contributed by atoms with E-state index in [1.165, 1.54) is 12.1 Å². The van der Waals surface area contributed by atoms with Gasteiger partial charge in [0.25, 0.3) is 0 Å². The van der Waals surface area contributed by atoms with E-state index in [4.69, 9.17) is 0 Å². The van der Waals surface area contributed by atoms with Gasteiger partial charge in [-0.3, -0.25) is 0 Å². The van der Waals surface area contributed by atoms with E-state index in [1.807, 2.05) is 19.1 Å². The van der Waals surface area contributed by atoms with Crippen molar-refractivity contribution in [2.24, 2.45) is 0 Å². The van der Waals surface area contributed by atoms with Crippen molar-refractivity contribution >= 4 is 5.69 Å². The van der Waals surface area contributed by atoms with Crippen molar-refractivity contribution in [2.75, 3.05) is 5.32 Å². The number of hydrogen-bond acceptors (Lipinski definition) is 3. The van der Waals surface area contributed by atoms with Crippen LogP contribution in [0.2, 0.25) is 0 Å². The number of phenols is 1. The molecule has 0 aliphatic heterocycles. The van der Waals surface area contributed by atoms with Crippen LogP contribution in [-0.4, -0.2) is 11.7 Å². The Hall–Kier alpha value is -2.30. The third-order valence-electron chi connectivity index (χ3n) is 2.78. The van der Waals surface area contributed by atoms with Crippen molar-refractivity contribution in [3.63, 3.8) is 0 Å². The van der Waals surface area contributed by atoms with Gasteiger partial charge < -0.3 is 15.2 Å². The smallest absolute Gasteiger partial charge is 0.387 e. The van der Waals surface area contributed by atoms with Crippen LogP contribution in [-0.2, 0) is 6.54 Å². The zero-order valence-electron chi connectivity index (χ0n) is 10.9. The van der Waals surface area contributed by atoms with Crippen LogP contribution in [0.5, 0.6) is 11.5 Å². The SMILES string of the molecule is Cc1ccc(O)c(CNc2cccc(OC(F)F)c2)c1. The van der Waals surface area contributed by atoms with Gasteiger partial charge in [-0.15, -0.1) is 0 Å². The number of phenolic OH excluding ortho intramolecular Hbond substituents is 1. The normalized spacial score (nSPS) is 10.6. The molecule has 2 N–H and O–H groups in total. The number of aromatic hydroxyl groups is 1. The highest BCUT2D eigenvalue weighted by atomic mass is 19.3. The summed E-state index contributed by atoms with van der Waals surface area (Å²) < 4.78 is 28.6. The molecule has 3 nitrogen and oxygen atoms in total. The fraction of sp³-hybridized carbons (Fsp3) is 0.200. The minimum Gasteiger partial charge on any atom is -0.508 e. The Morgan fingerprint density at radius 1 is 1.20 bits per heavy atom. The summed E-state index contributed by atoms with van der Waals surface area (Å²) in [6.45, 7) is -0.517. The molecule has 0 aliphatic carbocycles. The van der Waals surface area contributed by atoms with Gasteiger partial charge in [0.1, 0.15) is 11.5 Å². The first-order valence-electron chi connectivity index (χ1n) is 6.12. The topological polar surface area (TPSA) is 41.5 Å². The molecule has 0 aliphatic rings. The molecule has 0 bridgehead atoms. The second-order valence-electron chi connectivity index (χ2n) is 4.39. The maximum absolute atomic E-state index is 12.1. The van der Waals surface area contributed by atoms with Crippen molar-refractivity contribution in [2.45, 2.75) is 20.1 Å². The van der Waals surface area contributed by atoms with Crippen LogP contribution in [0.1, 0.15) is 11.1 Å². The Morgan fingerprint density at radius 3 is 2.75 bits per heavy atom. The summed E-state index contributed by atoms with van der Waals surface area (Å²) in [5.41, 5.74) is 2.42. The molecule has 2 rings (SSSR count). The van der Waals surface area contributed by atoms with Gasteiger partial charge in [-0.1, -0.05) is 23.8 Å². The zero-order valence-corrected chi connectivity index (χ0v) is 10.9. The standard InChI is InChI=1S/C15H15F2NO2/c1-10-5-6-14(19)11(7-10)9-18-12-3-2-4-13(8-12)20-15(16)17/h2-8,15,18-19H,9H2,1H3. The first kappa shape index (κ1) is 14.1. The highest BCUT2D eigenvalue weighted by Gasteiger charge is 2.05. The lowest BCUT2D eigenvalue weighted by molar-refractivity contribution is -0.0498. The number of rotatable bonds is 5. The molecule has 2 aromatic rings. The summed E-state index contributed by atoms with van der Waals surface area (Å²) in [4.78, 5) is 0. The van der Waals surface area contributed by atoms with E-state index in [1.54, 1.807) is 18.2 Å². The number of nitrogens with one attached hydrogen (secondary N) is 1. The molecular weight excluding hydrogens is 264 g/mol. The number of aryl methyl sites for hydroxylation is 1. The number of halogens is 2. The quantitative estimate of drug-likeness (QED) is 0.871. The van der Waals surface area contributed by atoms with Gasteiger partial charge in [0.2, 0.25) is 0 Å². The number of alkyl halides is 2. The highest BCUT2D eigenvalue weighted by Crippen LogP contribution is 2.22. The van der Waals surface area contributed by atoms with Crippen LogP contribution in [0.25, 0.3) is 0 Å². The van der Waals surface area contributed by atoms with Crippen LogP contribution in [0.4, 0.5) is 14.5 Å². The van der Waals surface area contributed by atoms with E-state index in [-0.39, 0.29) is 11.5 Å². The van der Waals surface area contributed by atoms with Crippen LogP contribution < -0.4 is 10.1 Å². The molecular formula is C15H15F2NO2. The van der Waals surface area contributed by atoms with Gasteiger partial charge in [0.15, 0.2) is 0 Å².